The fraction of sp³-hybridized carbons (Fsp3) is 0.318. The first-order valence-corrected chi connectivity index (χ1v) is 12.7. The van der Waals surface area contributed by atoms with E-state index in [2.05, 4.69) is 30.9 Å². The average molecular weight is 479 g/mol. The molecule has 0 unspecified atom stereocenters. The summed E-state index contributed by atoms with van der Waals surface area (Å²) in [5.41, 5.74) is 3.68. The van der Waals surface area contributed by atoms with Crippen LogP contribution in [0.25, 0.3) is 11.3 Å². The lowest BCUT2D eigenvalue weighted by molar-refractivity contribution is 0.521. The first-order chi connectivity index (χ1) is 14.7. The summed E-state index contributed by atoms with van der Waals surface area (Å²) >= 11 is 7.69. The zero-order valence-electron chi connectivity index (χ0n) is 18.3. The number of nitrogens with zero attached hydrogens (tertiary/aromatic N) is 4. The van der Waals surface area contributed by atoms with Gasteiger partial charge in [0.05, 0.1) is 16.4 Å². The van der Waals surface area contributed by atoms with Crippen LogP contribution in [-0.4, -0.2) is 44.5 Å². The van der Waals surface area contributed by atoms with Crippen LogP contribution < -0.4 is 9.70 Å². The molecule has 31 heavy (non-hydrogen) atoms. The Morgan fingerprint density at radius 2 is 1.71 bits per heavy atom. The van der Waals surface area contributed by atoms with Gasteiger partial charge in [-0.3, -0.25) is 0 Å². The summed E-state index contributed by atoms with van der Waals surface area (Å²) in [7, 11) is 1.26. The summed E-state index contributed by atoms with van der Waals surface area (Å²) in [5, 5.41) is 2.17. The van der Waals surface area contributed by atoms with Crippen LogP contribution in [0.5, 0.6) is 0 Å². The summed E-state index contributed by atoms with van der Waals surface area (Å²) in [4.78, 5) is 7.96. The molecule has 3 aromatic rings. The van der Waals surface area contributed by atoms with Crippen LogP contribution >= 0.6 is 22.9 Å². The lowest BCUT2D eigenvalue weighted by atomic mass is 10.2. The number of rotatable bonds is 7. The monoisotopic (exact) mass is 478 g/mol. The molecule has 0 saturated heterocycles. The second-order valence-corrected chi connectivity index (χ2v) is 10.6. The van der Waals surface area contributed by atoms with Gasteiger partial charge in [-0.25, -0.2) is 17.7 Å². The number of hydrogen-bond acceptors (Lipinski definition) is 5. The Balaban J connectivity index is 1.99. The molecule has 0 aliphatic carbocycles. The SMILES string of the molecule is CCN(CC)c1ccc(/N=c2/scc(-c3ccc(Cl)c(S(=O)(=O)N(C)C)c3)n2C)cc1. The number of benzene rings is 2. The van der Waals surface area contributed by atoms with Crippen LogP contribution in [0.2, 0.25) is 5.02 Å². The van der Waals surface area contributed by atoms with Gasteiger partial charge in [0.25, 0.3) is 0 Å². The lowest BCUT2D eigenvalue weighted by Gasteiger charge is -2.20. The molecule has 166 valence electrons. The molecular formula is C22H27ClN4O2S2. The predicted octanol–water partition coefficient (Wildman–Crippen LogP) is 4.74. The van der Waals surface area contributed by atoms with Crippen LogP contribution in [0.15, 0.2) is 57.7 Å². The fourth-order valence-corrected chi connectivity index (χ4v) is 5.55. The van der Waals surface area contributed by atoms with Crippen LogP contribution in [0.1, 0.15) is 13.8 Å². The van der Waals surface area contributed by atoms with Crippen molar-refractivity contribution in [3.05, 3.63) is 57.7 Å². The highest BCUT2D eigenvalue weighted by molar-refractivity contribution is 7.89. The maximum absolute atomic E-state index is 12.6. The van der Waals surface area contributed by atoms with E-state index in [0.29, 0.717) is 0 Å². The number of thiazole rings is 1. The van der Waals surface area contributed by atoms with Gasteiger partial charge in [-0.1, -0.05) is 17.7 Å². The number of aromatic nitrogens is 1. The first kappa shape index (κ1) is 23.5. The Bertz CT molecular complexity index is 1230. The minimum Gasteiger partial charge on any atom is -0.372 e. The second kappa shape index (κ2) is 9.56. The van der Waals surface area contributed by atoms with E-state index < -0.39 is 10.0 Å². The standard InChI is InChI=1S/C22H27ClN4O2S2/c1-6-27(7-2)18-11-9-17(10-12-18)24-22-26(5)20(15-30-22)16-8-13-19(23)21(14-16)31(28,29)25(3)4/h8-15H,6-7H2,1-5H3/b24-22+. The summed E-state index contributed by atoms with van der Waals surface area (Å²) in [6.45, 7) is 6.20. The van der Waals surface area contributed by atoms with Crippen LogP contribution in [0.3, 0.4) is 0 Å². The quantitative estimate of drug-likeness (QED) is 0.493. The highest BCUT2D eigenvalue weighted by Crippen LogP contribution is 2.30. The normalized spacial score (nSPS) is 12.5. The number of anilines is 1. The molecule has 1 aromatic heterocycles. The highest BCUT2D eigenvalue weighted by atomic mass is 35.5. The molecular weight excluding hydrogens is 452 g/mol. The molecule has 3 rings (SSSR count). The van der Waals surface area contributed by atoms with Gasteiger partial charge in [-0.05, 0) is 50.2 Å². The van der Waals surface area contributed by atoms with Crippen LogP contribution in [0.4, 0.5) is 11.4 Å². The van der Waals surface area contributed by atoms with Crippen LogP contribution in [-0.2, 0) is 17.1 Å². The first-order valence-electron chi connectivity index (χ1n) is 9.95. The minimum atomic E-state index is -3.64. The molecule has 9 heteroatoms. The lowest BCUT2D eigenvalue weighted by Crippen LogP contribution is -2.22. The molecule has 0 aliphatic rings. The van der Waals surface area contributed by atoms with E-state index in [0.717, 1.165) is 39.1 Å². The van der Waals surface area contributed by atoms with E-state index >= 15 is 0 Å². The molecule has 0 fully saturated rings. The van der Waals surface area contributed by atoms with Crippen molar-refractivity contribution in [3.63, 3.8) is 0 Å². The van der Waals surface area contributed by atoms with Crippen molar-refractivity contribution in [2.45, 2.75) is 18.7 Å². The molecule has 6 nitrogen and oxygen atoms in total. The Morgan fingerprint density at radius 3 is 2.29 bits per heavy atom. The average Bonchev–Trinajstić information content (AvgIpc) is 3.10. The van der Waals surface area contributed by atoms with E-state index in [1.165, 1.54) is 31.1 Å². The van der Waals surface area contributed by atoms with Gasteiger partial charge < -0.3 is 9.47 Å². The van der Waals surface area contributed by atoms with Gasteiger partial charge in [0, 0.05) is 50.9 Å². The van der Waals surface area contributed by atoms with Crippen LogP contribution in [0, 0.1) is 0 Å². The molecule has 2 aromatic carbocycles. The molecule has 0 radical (unpaired) electrons. The molecule has 0 atom stereocenters. The number of sulfonamides is 1. The van der Waals surface area contributed by atoms with E-state index in [9.17, 15) is 8.42 Å². The van der Waals surface area contributed by atoms with Crippen molar-refractivity contribution in [3.8, 4) is 11.3 Å². The van der Waals surface area contributed by atoms with Crippen molar-refractivity contribution in [2.24, 2.45) is 12.0 Å². The third-order valence-electron chi connectivity index (χ3n) is 5.11. The topological polar surface area (TPSA) is 57.9 Å². The fourth-order valence-electron chi connectivity index (χ4n) is 3.23. The predicted molar refractivity (Wildman–Crippen MR) is 130 cm³/mol. The van der Waals surface area contributed by atoms with Crippen molar-refractivity contribution < 1.29 is 8.42 Å². The molecule has 0 aliphatic heterocycles. The summed E-state index contributed by atoms with van der Waals surface area (Å²) < 4.78 is 28.3. The summed E-state index contributed by atoms with van der Waals surface area (Å²) in [6.07, 6.45) is 0. The Labute approximate surface area is 193 Å². The van der Waals surface area contributed by atoms with Gasteiger partial charge in [0.2, 0.25) is 10.0 Å². The van der Waals surface area contributed by atoms with Gasteiger partial charge >= 0.3 is 0 Å². The summed E-state index contributed by atoms with van der Waals surface area (Å²) in [5.74, 6) is 0. The highest BCUT2D eigenvalue weighted by Gasteiger charge is 2.22. The number of halogens is 1. The Hall–Kier alpha value is -2.13. The Kier molecular flexibility index (Phi) is 7.26. The van der Waals surface area contributed by atoms with Crippen molar-refractivity contribution in [1.82, 2.24) is 8.87 Å². The largest absolute Gasteiger partial charge is 0.372 e. The van der Waals surface area contributed by atoms with Gasteiger partial charge in [0.1, 0.15) is 4.90 Å². The summed E-state index contributed by atoms with van der Waals surface area (Å²) in [6, 6.07) is 13.2. The van der Waals surface area contributed by atoms with Gasteiger partial charge in [0.15, 0.2) is 4.80 Å². The van der Waals surface area contributed by atoms with Gasteiger partial charge in [-0.2, -0.15) is 0 Å². The molecule has 1 heterocycles. The molecule has 0 N–H and O–H groups in total. The van der Waals surface area contributed by atoms with Gasteiger partial charge in [-0.15, -0.1) is 11.3 Å². The zero-order valence-corrected chi connectivity index (χ0v) is 20.7. The molecule has 0 saturated carbocycles. The smallest absolute Gasteiger partial charge is 0.244 e. The number of hydrogen-bond donors (Lipinski definition) is 0. The third-order valence-corrected chi connectivity index (χ3v) is 8.33. The maximum atomic E-state index is 12.6. The molecule has 0 amide bonds. The van der Waals surface area contributed by atoms with E-state index in [1.54, 1.807) is 12.1 Å². The maximum Gasteiger partial charge on any atom is 0.244 e. The van der Waals surface area contributed by atoms with Crippen molar-refractivity contribution in [1.29, 1.82) is 0 Å². The minimum absolute atomic E-state index is 0.0911. The zero-order chi connectivity index (χ0) is 22.8. The second-order valence-electron chi connectivity index (χ2n) is 7.20. The van der Waals surface area contributed by atoms with Crippen molar-refractivity contribution in [2.75, 3.05) is 32.1 Å². The third kappa shape index (κ3) is 4.87. The van der Waals surface area contributed by atoms with E-state index in [1.807, 2.05) is 35.2 Å². The van der Waals surface area contributed by atoms with E-state index in [-0.39, 0.29) is 9.92 Å². The van der Waals surface area contributed by atoms with E-state index in [4.69, 9.17) is 16.6 Å². The Morgan fingerprint density at radius 1 is 1.06 bits per heavy atom. The molecule has 0 spiro atoms. The molecule has 0 bridgehead atoms. The van der Waals surface area contributed by atoms with Crippen molar-refractivity contribution >= 4 is 44.3 Å².